The highest BCUT2D eigenvalue weighted by atomic mass is 16.1. The van der Waals surface area contributed by atoms with E-state index in [1.165, 1.54) is 18.4 Å². The molecule has 7 heteroatoms. The van der Waals surface area contributed by atoms with Crippen molar-refractivity contribution < 1.29 is 0 Å². The molecule has 2 aliphatic heterocycles. The van der Waals surface area contributed by atoms with Gasteiger partial charge in [0.05, 0.1) is 24.0 Å². The lowest BCUT2D eigenvalue weighted by molar-refractivity contribution is 0.308. The van der Waals surface area contributed by atoms with Crippen LogP contribution < -0.4 is 10.5 Å². The van der Waals surface area contributed by atoms with Crippen LogP contribution in [0.25, 0.3) is 0 Å². The number of rotatable bonds is 4. The van der Waals surface area contributed by atoms with E-state index in [1.807, 2.05) is 6.07 Å². The maximum atomic E-state index is 12.3. The van der Waals surface area contributed by atoms with Gasteiger partial charge in [-0.2, -0.15) is 10.2 Å². The van der Waals surface area contributed by atoms with E-state index in [0.717, 1.165) is 56.1 Å². The fourth-order valence-electron chi connectivity index (χ4n) is 4.32. The molecule has 0 radical (unpaired) electrons. The first-order valence-electron chi connectivity index (χ1n) is 10.1. The maximum Gasteiger partial charge on any atom is 0.266 e. The summed E-state index contributed by atoms with van der Waals surface area (Å²) in [7, 11) is 2.15. The van der Waals surface area contributed by atoms with Crippen molar-refractivity contribution in [3.05, 3.63) is 45.5 Å². The van der Waals surface area contributed by atoms with E-state index in [2.05, 4.69) is 38.2 Å². The molecule has 0 aromatic carbocycles. The van der Waals surface area contributed by atoms with Gasteiger partial charge in [-0.3, -0.25) is 4.79 Å². The normalized spacial score (nSPS) is 22.9. The van der Waals surface area contributed by atoms with Crippen LogP contribution in [-0.2, 0) is 19.5 Å². The van der Waals surface area contributed by atoms with Crippen molar-refractivity contribution in [1.29, 1.82) is 0 Å². The number of aromatic nitrogens is 4. The van der Waals surface area contributed by atoms with Gasteiger partial charge in [0.1, 0.15) is 0 Å². The van der Waals surface area contributed by atoms with Crippen LogP contribution in [0.2, 0.25) is 0 Å². The molecule has 0 amide bonds. The van der Waals surface area contributed by atoms with Crippen LogP contribution in [0.3, 0.4) is 0 Å². The summed E-state index contributed by atoms with van der Waals surface area (Å²) in [5.41, 5.74) is 3.47. The summed E-state index contributed by atoms with van der Waals surface area (Å²) in [6.07, 6.45) is 5.52. The Kier molecular flexibility index (Phi) is 4.19. The van der Waals surface area contributed by atoms with Gasteiger partial charge in [-0.05, 0) is 50.4 Å². The molecule has 2 fully saturated rings. The van der Waals surface area contributed by atoms with Crippen molar-refractivity contribution in [2.75, 3.05) is 25.0 Å². The summed E-state index contributed by atoms with van der Waals surface area (Å²) < 4.78 is 1.66. The second-order valence-corrected chi connectivity index (χ2v) is 8.20. The van der Waals surface area contributed by atoms with Gasteiger partial charge in [0.2, 0.25) is 0 Å². The van der Waals surface area contributed by atoms with Crippen LogP contribution in [0.1, 0.15) is 48.6 Å². The molecule has 2 aromatic heterocycles. The van der Waals surface area contributed by atoms with Crippen LogP contribution >= 0.6 is 0 Å². The first-order chi connectivity index (χ1) is 13.2. The fraction of sp³-hybridized carbons (Fsp3) is 0.600. The Labute approximate surface area is 159 Å². The van der Waals surface area contributed by atoms with E-state index in [-0.39, 0.29) is 11.6 Å². The van der Waals surface area contributed by atoms with Gasteiger partial charge in [-0.1, -0.05) is 0 Å². The number of likely N-dealkylation sites (N-methyl/N-ethyl adjacent to an activating group) is 1. The minimum absolute atomic E-state index is 0.00981. The maximum absolute atomic E-state index is 12.3. The monoisotopic (exact) mass is 366 g/mol. The minimum atomic E-state index is -0.00981. The van der Waals surface area contributed by atoms with Gasteiger partial charge in [0.15, 0.2) is 5.82 Å². The Morgan fingerprint density at radius 3 is 2.89 bits per heavy atom. The average Bonchev–Trinajstić information content (AvgIpc) is 3.42. The molecular weight excluding hydrogens is 340 g/mol. The molecule has 1 saturated heterocycles. The lowest BCUT2D eigenvalue weighted by Crippen LogP contribution is -2.38. The van der Waals surface area contributed by atoms with Gasteiger partial charge in [0, 0.05) is 38.0 Å². The van der Waals surface area contributed by atoms with Gasteiger partial charge < -0.3 is 9.80 Å². The Morgan fingerprint density at radius 2 is 2.04 bits per heavy atom. The molecule has 27 heavy (non-hydrogen) atoms. The Hall–Kier alpha value is -2.28. The van der Waals surface area contributed by atoms with Crippen molar-refractivity contribution in [3.63, 3.8) is 0 Å². The lowest BCUT2D eigenvalue weighted by Gasteiger charge is -2.28. The Balaban J connectivity index is 1.39. The SMILES string of the molecule is CN1CCc2nnc(N3CCCC3Cn3nc(C4CC4)ccc3=O)cc2C1. The molecule has 4 heterocycles. The van der Waals surface area contributed by atoms with E-state index in [4.69, 9.17) is 0 Å². The molecule has 2 aromatic rings. The molecule has 1 unspecified atom stereocenters. The van der Waals surface area contributed by atoms with E-state index >= 15 is 0 Å². The van der Waals surface area contributed by atoms with Crippen molar-refractivity contribution in [2.45, 2.75) is 57.2 Å². The topological polar surface area (TPSA) is 67.2 Å². The highest BCUT2D eigenvalue weighted by Crippen LogP contribution is 2.38. The first kappa shape index (κ1) is 16.9. The zero-order chi connectivity index (χ0) is 18.4. The van der Waals surface area contributed by atoms with Crippen LogP contribution in [0.15, 0.2) is 23.0 Å². The Bertz CT molecular complexity index is 906. The molecule has 0 bridgehead atoms. The molecule has 7 nitrogen and oxygen atoms in total. The van der Waals surface area contributed by atoms with Crippen LogP contribution in [0.5, 0.6) is 0 Å². The molecule has 1 atom stereocenters. The molecule has 0 N–H and O–H groups in total. The number of nitrogens with zero attached hydrogens (tertiary/aromatic N) is 6. The largest absolute Gasteiger partial charge is 0.350 e. The molecule has 3 aliphatic rings. The van der Waals surface area contributed by atoms with Crippen molar-refractivity contribution in [3.8, 4) is 0 Å². The third-order valence-corrected chi connectivity index (χ3v) is 6.06. The van der Waals surface area contributed by atoms with Gasteiger partial charge in [-0.25, -0.2) is 4.68 Å². The van der Waals surface area contributed by atoms with Gasteiger partial charge in [-0.15, -0.1) is 5.10 Å². The highest BCUT2D eigenvalue weighted by molar-refractivity contribution is 5.44. The van der Waals surface area contributed by atoms with Crippen molar-refractivity contribution in [2.24, 2.45) is 0 Å². The van der Waals surface area contributed by atoms with Crippen LogP contribution in [0, 0.1) is 0 Å². The van der Waals surface area contributed by atoms with Crippen LogP contribution in [-0.4, -0.2) is 51.1 Å². The highest BCUT2D eigenvalue weighted by Gasteiger charge is 2.29. The number of fused-ring (bicyclic) bond motifs is 1. The third kappa shape index (κ3) is 3.36. The fourth-order valence-corrected chi connectivity index (χ4v) is 4.32. The van der Waals surface area contributed by atoms with E-state index in [9.17, 15) is 4.79 Å². The summed E-state index contributed by atoms with van der Waals surface area (Å²) in [5, 5.41) is 13.7. The zero-order valence-electron chi connectivity index (χ0n) is 15.8. The summed E-state index contributed by atoms with van der Waals surface area (Å²) in [5.74, 6) is 1.50. The zero-order valence-corrected chi connectivity index (χ0v) is 15.8. The van der Waals surface area contributed by atoms with E-state index in [0.29, 0.717) is 12.5 Å². The molecule has 5 rings (SSSR count). The van der Waals surface area contributed by atoms with E-state index in [1.54, 1.807) is 10.7 Å². The van der Waals surface area contributed by atoms with Gasteiger partial charge in [0.25, 0.3) is 5.56 Å². The predicted molar refractivity (Wildman–Crippen MR) is 103 cm³/mol. The average molecular weight is 366 g/mol. The first-order valence-corrected chi connectivity index (χ1v) is 10.1. The molecule has 1 saturated carbocycles. The standard InChI is InChI=1S/C20H26N6O/c1-24-10-8-17-15(12-24)11-19(22-21-17)25-9-2-3-16(25)13-26-20(27)7-6-18(23-26)14-4-5-14/h6-7,11,14,16H,2-5,8-10,12-13H2,1H3. The smallest absolute Gasteiger partial charge is 0.266 e. The summed E-state index contributed by atoms with van der Waals surface area (Å²) in [6, 6.07) is 6.02. The summed E-state index contributed by atoms with van der Waals surface area (Å²) >= 11 is 0. The number of anilines is 1. The van der Waals surface area contributed by atoms with Crippen LogP contribution in [0.4, 0.5) is 5.82 Å². The minimum Gasteiger partial charge on any atom is -0.350 e. The van der Waals surface area contributed by atoms with Gasteiger partial charge >= 0.3 is 0 Å². The molecule has 142 valence electrons. The lowest BCUT2D eigenvalue weighted by atomic mass is 10.1. The quantitative estimate of drug-likeness (QED) is 0.818. The third-order valence-electron chi connectivity index (χ3n) is 6.06. The number of hydrogen-bond acceptors (Lipinski definition) is 6. The second kappa shape index (κ2) is 6.71. The Morgan fingerprint density at radius 1 is 1.15 bits per heavy atom. The molecule has 0 spiro atoms. The van der Waals surface area contributed by atoms with Crippen molar-refractivity contribution in [1.82, 2.24) is 24.9 Å². The summed E-state index contributed by atoms with van der Waals surface area (Å²) in [6.45, 7) is 3.56. The van der Waals surface area contributed by atoms with E-state index < -0.39 is 0 Å². The second-order valence-electron chi connectivity index (χ2n) is 8.20. The molecule has 1 aliphatic carbocycles. The summed E-state index contributed by atoms with van der Waals surface area (Å²) in [4.78, 5) is 17.0. The predicted octanol–water partition coefficient (Wildman–Crippen LogP) is 1.57. The van der Waals surface area contributed by atoms with Crippen molar-refractivity contribution >= 4 is 5.82 Å². The molecular formula is C20H26N6O. The number of hydrogen-bond donors (Lipinski definition) is 0.